The number of thiazole rings is 1. The van der Waals surface area contributed by atoms with E-state index in [1.165, 1.54) is 16.9 Å². The molecular weight excluding hydrogens is 306 g/mol. The first-order chi connectivity index (χ1) is 11.2. The molecule has 0 aliphatic rings. The fourth-order valence-electron chi connectivity index (χ4n) is 2.17. The lowest BCUT2D eigenvalue weighted by Gasteiger charge is -2.03. The topological polar surface area (TPSA) is 89.6 Å². The second-order valence-electron chi connectivity index (χ2n) is 4.99. The summed E-state index contributed by atoms with van der Waals surface area (Å²) >= 11 is 1.47. The van der Waals surface area contributed by atoms with E-state index in [0.717, 1.165) is 22.2 Å². The molecule has 6 heteroatoms. The lowest BCUT2D eigenvalue weighted by atomic mass is 10.1. The van der Waals surface area contributed by atoms with Gasteiger partial charge in [0.15, 0.2) is 0 Å². The monoisotopic (exact) mass is 323 g/mol. The lowest BCUT2D eigenvalue weighted by molar-refractivity contribution is 1.14. The third kappa shape index (κ3) is 3.54. The molecule has 5 nitrogen and oxygen atoms in total. The number of para-hydroxylation sites is 1. The smallest absolute Gasteiger partial charge is 0.224 e. The molecule has 0 aliphatic heterocycles. The van der Waals surface area contributed by atoms with Crippen LogP contribution in [0.2, 0.25) is 0 Å². The zero-order chi connectivity index (χ0) is 16.2. The number of guanidine groups is 1. The summed E-state index contributed by atoms with van der Waals surface area (Å²) in [5.41, 5.74) is 14.8. The average molecular weight is 323 g/mol. The van der Waals surface area contributed by atoms with E-state index in [2.05, 4.69) is 28.0 Å². The van der Waals surface area contributed by atoms with Gasteiger partial charge >= 0.3 is 0 Å². The van der Waals surface area contributed by atoms with Gasteiger partial charge in [0.25, 0.3) is 0 Å². The molecule has 2 aromatic carbocycles. The number of aryl methyl sites for hydroxylation is 1. The maximum absolute atomic E-state index is 6.02. The van der Waals surface area contributed by atoms with Crippen LogP contribution in [0, 0.1) is 0 Å². The van der Waals surface area contributed by atoms with Crippen molar-refractivity contribution in [2.45, 2.75) is 13.3 Å². The number of fused-ring (bicyclic) bond motifs is 1. The fraction of sp³-hybridized carbons (Fsp3) is 0.118. The van der Waals surface area contributed by atoms with Crippen LogP contribution in [0.15, 0.2) is 58.5 Å². The molecule has 0 fully saturated rings. The van der Waals surface area contributed by atoms with Gasteiger partial charge in [-0.1, -0.05) is 48.6 Å². The molecule has 23 heavy (non-hydrogen) atoms. The fourth-order valence-corrected chi connectivity index (χ4v) is 3.01. The average Bonchev–Trinajstić information content (AvgIpc) is 2.96. The number of hydrogen-bond acceptors (Lipinski definition) is 3. The van der Waals surface area contributed by atoms with Crippen molar-refractivity contribution >= 4 is 38.5 Å². The second kappa shape index (κ2) is 6.58. The van der Waals surface area contributed by atoms with Crippen LogP contribution in [-0.2, 0) is 6.42 Å². The van der Waals surface area contributed by atoms with E-state index in [1.807, 2.05) is 42.5 Å². The normalized spacial score (nSPS) is 12.7. The molecule has 4 N–H and O–H groups in total. The van der Waals surface area contributed by atoms with Gasteiger partial charge in [0.2, 0.25) is 11.1 Å². The van der Waals surface area contributed by atoms with Crippen LogP contribution in [0.5, 0.6) is 0 Å². The van der Waals surface area contributed by atoms with Crippen LogP contribution in [0.4, 0.5) is 5.13 Å². The molecule has 0 atom stereocenters. The standard InChI is InChI=1S/C17H17N5S/c1-2-11-6-5-7-12(10-11)15(18)21-16(19)22-17-20-13-8-3-4-9-14(13)23-17/h3-10H,2H2,1H3,(H4,18,19,20,21,22). The summed E-state index contributed by atoms with van der Waals surface area (Å²) in [4.78, 5) is 12.8. The molecule has 0 spiro atoms. The first-order valence-electron chi connectivity index (χ1n) is 7.29. The van der Waals surface area contributed by atoms with Gasteiger partial charge in [-0.2, -0.15) is 9.98 Å². The van der Waals surface area contributed by atoms with Gasteiger partial charge < -0.3 is 11.5 Å². The van der Waals surface area contributed by atoms with Crippen molar-refractivity contribution in [2.75, 3.05) is 0 Å². The maximum atomic E-state index is 6.02. The van der Waals surface area contributed by atoms with Crippen LogP contribution in [0.3, 0.4) is 0 Å². The van der Waals surface area contributed by atoms with Crippen molar-refractivity contribution < 1.29 is 0 Å². The molecular formula is C17H17N5S. The number of aliphatic imine (C=N–C) groups is 2. The number of aromatic nitrogens is 1. The highest BCUT2D eigenvalue weighted by atomic mass is 32.1. The van der Waals surface area contributed by atoms with E-state index in [9.17, 15) is 0 Å². The molecule has 0 saturated heterocycles. The predicted molar refractivity (Wildman–Crippen MR) is 97.4 cm³/mol. The molecule has 3 aromatic rings. The van der Waals surface area contributed by atoms with Crippen LogP contribution in [0.1, 0.15) is 18.1 Å². The molecule has 0 aliphatic carbocycles. The number of nitrogens with zero attached hydrogens (tertiary/aromatic N) is 3. The van der Waals surface area contributed by atoms with Crippen molar-refractivity contribution in [3.8, 4) is 0 Å². The molecule has 0 unspecified atom stereocenters. The van der Waals surface area contributed by atoms with Crippen LogP contribution in [0.25, 0.3) is 10.2 Å². The van der Waals surface area contributed by atoms with Crippen molar-refractivity contribution in [1.82, 2.24) is 4.98 Å². The summed E-state index contributed by atoms with van der Waals surface area (Å²) in [6.45, 7) is 2.09. The summed E-state index contributed by atoms with van der Waals surface area (Å²) < 4.78 is 1.06. The Hall–Kier alpha value is -2.73. The van der Waals surface area contributed by atoms with E-state index in [1.54, 1.807) is 0 Å². The SMILES string of the molecule is CCc1cccc(C(N)=NC(N)=Nc2nc3ccccc3s2)c1. The third-order valence-electron chi connectivity index (χ3n) is 3.36. The summed E-state index contributed by atoms with van der Waals surface area (Å²) in [6.07, 6.45) is 0.941. The summed E-state index contributed by atoms with van der Waals surface area (Å²) in [7, 11) is 0. The lowest BCUT2D eigenvalue weighted by Crippen LogP contribution is -2.19. The van der Waals surface area contributed by atoms with E-state index in [0.29, 0.717) is 11.0 Å². The van der Waals surface area contributed by atoms with E-state index >= 15 is 0 Å². The zero-order valence-electron chi connectivity index (χ0n) is 12.7. The number of benzene rings is 2. The first kappa shape index (κ1) is 15.2. The van der Waals surface area contributed by atoms with Gasteiger partial charge in [-0.3, -0.25) is 0 Å². The largest absolute Gasteiger partial charge is 0.383 e. The molecule has 0 bridgehead atoms. The van der Waals surface area contributed by atoms with Crippen LogP contribution < -0.4 is 11.5 Å². The van der Waals surface area contributed by atoms with Gasteiger partial charge in [-0.15, -0.1) is 0 Å². The predicted octanol–water partition coefficient (Wildman–Crippen LogP) is 3.21. The Labute approximate surface area is 138 Å². The first-order valence-corrected chi connectivity index (χ1v) is 8.10. The van der Waals surface area contributed by atoms with Crippen molar-refractivity contribution in [1.29, 1.82) is 0 Å². The molecule has 3 rings (SSSR count). The molecule has 0 amide bonds. The van der Waals surface area contributed by atoms with Gasteiger partial charge in [-0.25, -0.2) is 4.98 Å². The van der Waals surface area contributed by atoms with Gasteiger partial charge in [-0.05, 0) is 30.2 Å². The van der Waals surface area contributed by atoms with Crippen LogP contribution >= 0.6 is 11.3 Å². The third-order valence-corrected chi connectivity index (χ3v) is 4.29. The molecule has 0 saturated carbocycles. The highest BCUT2D eigenvalue weighted by Crippen LogP contribution is 2.27. The van der Waals surface area contributed by atoms with Gasteiger partial charge in [0, 0.05) is 5.56 Å². The summed E-state index contributed by atoms with van der Waals surface area (Å²) in [5.74, 6) is 0.450. The summed E-state index contributed by atoms with van der Waals surface area (Å²) in [5, 5.41) is 0.572. The zero-order valence-corrected chi connectivity index (χ0v) is 13.5. The highest BCUT2D eigenvalue weighted by Gasteiger charge is 2.04. The van der Waals surface area contributed by atoms with Gasteiger partial charge in [0.1, 0.15) is 5.84 Å². The Balaban J connectivity index is 1.87. The number of hydrogen-bond donors (Lipinski definition) is 2. The highest BCUT2D eigenvalue weighted by molar-refractivity contribution is 7.22. The quantitative estimate of drug-likeness (QED) is 0.573. The molecule has 116 valence electrons. The second-order valence-corrected chi connectivity index (χ2v) is 5.99. The Kier molecular flexibility index (Phi) is 4.34. The maximum Gasteiger partial charge on any atom is 0.224 e. The van der Waals surface area contributed by atoms with Crippen molar-refractivity contribution in [3.05, 3.63) is 59.7 Å². The number of rotatable bonds is 3. The number of amidine groups is 1. The van der Waals surface area contributed by atoms with E-state index < -0.39 is 0 Å². The van der Waals surface area contributed by atoms with Crippen molar-refractivity contribution in [3.63, 3.8) is 0 Å². The minimum Gasteiger partial charge on any atom is -0.383 e. The Morgan fingerprint density at radius 3 is 2.74 bits per heavy atom. The van der Waals surface area contributed by atoms with E-state index in [-0.39, 0.29) is 5.96 Å². The van der Waals surface area contributed by atoms with Gasteiger partial charge in [0.05, 0.1) is 10.2 Å². The Morgan fingerprint density at radius 1 is 1.13 bits per heavy atom. The van der Waals surface area contributed by atoms with Crippen molar-refractivity contribution in [2.24, 2.45) is 21.5 Å². The van der Waals surface area contributed by atoms with Crippen LogP contribution in [-0.4, -0.2) is 16.8 Å². The summed E-state index contributed by atoms with van der Waals surface area (Å²) in [6, 6.07) is 15.8. The minimum absolute atomic E-state index is 0.100. The Morgan fingerprint density at radius 2 is 1.96 bits per heavy atom. The number of nitrogens with two attached hydrogens (primary N) is 2. The van der Waals surface area contributed by atoms with E-state index in [4.69, 9.17) is 11.5 Å². The minimum atomic E-state index is 0.100. The molecule has 1 aromatic heterocycles. The molecule has 1 heterocycles. The molecule has 0 radical (unpaired) electrons. The Bertz CT molecular complexity index is 862.